The van der Waals surface area contributed by atoms with Gasteiger partial charge in [0.15, 0.2) is 11.4 Å². The maximum Gasteiger partial charge on any atom is 0.433 e. The van der Waals surface area contributed by atoms with E-state index < -0.39 is 17.8 Å². The molecule has 0 saturated heterocycles. The summed E-state index contributed by atoms with van der Waals surface area (Å²) >= 11 is 6.08. The number of hydrogen-bond donors (Lipinski definition) is 1. The average molecular weight is 485 g/mol. The molecule has 6 nitrogen and oxygen atoms in total. The summed E-state index contributed by atoms with van der Waals surface area (Å²) in [6.07, 6.45) is -2.15. The first-order valence-electron chi connectivity index (χ1n) is 10.4. The molecule has 5 rings (SSSR count). The zero-order valence-electron chi connectivity index (χ0n) is 17.4. The summed E-state index contributed by atoms with van der Waals surface area (Å²) in [4.78, 5) is 30.4. The van der Waals surface area contributed by atoms with Gasteiger partial charge in [0, 0.05) is 27.8 Å². The minimum atomic E-state index is -4.67. The zero-order valence-corrected chi connectivity index (χ0v) is 18.2. The maximum atomic E-state index is 13.6. The molecule has 0 radical (unpaired) electrons. The summed E-state index contributed by atoms with van der Waals surface area (Å²) in [6.45, 7) is 0. The lowest BCUT2D eigenvalue weighted by atomic mass is 10.0. The first-order valence-corrected chi connectivity index (χ1v) is 10.8. The third-order valence-corrected chi connectivity index (χ3v) is 5.77. The second kappa shape index (κ2) is 8.25. The summed E-state index contributed by atoms with van der Waals surface area (Å²) in [5.41, 5.74) is -0.351. The Morgan fingerprint density at radius 1 is 1.03 bits per heavy atom. The van der Waals surface area contributed by atoms with E-state index in [1.54, 1.807) is 30.3 Å². The van der Waals surface area contributed by atoms with E-state index in [4.69, 9.17) is 11.6 Å². The first-order chi connectivity index (χ1) is 16.2. The number of hydrogen-bond acceptors (Lipinski definition) is 4. The van der Waals surface area contributed by atoms with E-state index in [1.807, 2.05) is 0 Å². The quantitative estimate of drug-likeness (QED) is 0.365. The molecule has 2 aromatic carbocycles. The average Bonchev–Trinajstić information content (AvgIpc) is 3.58. The molecule has 1 aliphatic rings. The largest absolute Gasteiger partial charge is 0.433 e. The topological polar surface area (TPSA) is 76.4 Å². The number of rotatable bonds is 5. The highest BCUT2D eigenvalue weighted by Gasteiger charge is 2.38. The summed E-state index contributed by atoms with van der Waals surface area (Å²) in [5, 5.41) is 6.68. The molecule has 0 atom stereocenters. The van der Waals surface area contributed by atoms with Crippen molar-refractivity contribution in [2.75, 3.05) is 5.32 Å². The molecule has 1 amide bonds. The van der Waals surface area contributed by atoms with Gasteiger partial charge in [-0.15, -0.1) is 0 Å². The number of nitrogens with one attached hydrogen (secondary N) is 1. The Morgan fingerprint density at radius 3 is 2.44 bits per heavy atom. The van der Waals surface area contributed by atoms with Crippen molar-refractivity contribution in [1.82, 2.24) is 14.6 Å². The number of amides is 1. The van der Waals surface area contributed by atoms with Gasteiger partial charge < -0.3 is 5.32 Å². The number of aromatic nitrogens is 3. The summed E-state index contributed by atoms with van der Waals surface area (Å²) < 4.78 is 41.5. The predicted molar refractivity (Wildman–Crippen MR) is 119 cm³/mol. The molecule has 2 heterocycles. The summed E-state index contributed by atoms with van der Waals surface area (Å²) in [7, 11) is 0. The standard InChI is InChI=1S/C24H16ClF3N4O2/c25-15-8-9-18(16(10-15)21(33)14-4-2-1-3-5-14)31-23(34)17-12-29-32-20(24(26,27)28)11-19(13-6-7-13)30-22(17)32/h1-5,8-13H,6-7H2,(H,31,34). The van der Waals surface area contributed by atoms with E-state index in [-0.39, 0.29) is 39.9 Å². The van der Waals surface area contributed by atoms with Crippen LogP contribution in [0.5, 0.6) is 0 Å². The summed E-state index contributed by atoms with van der Waals surface area (Å²) in [5.74, 6) is -1.18. The lowest BCUT2D eigenvalue weighted by molar-refractivity contribution is -0.142. The normalized spacial score (nSPS) is 13.8. The van der Waals surface area contributed by atoms with E-state index in [2.05, 4.69) is 15.4 Å². The van der Waals surface area contributed by atoms with Gasteiger partial charge in [-0.1, -0.05) is 41.9 Å². The highest BCUT2D eigenvalue weighted by molar-refractivity contribution is 6.31. The van der Waals surface area contributed by atoms with Crippen LogP contribution in [-0.4, -0.2) is 26.3 Å². The molecule has 10 heteroatoms. The zero-order chi connectivity index (χ0) is 24.0. The van der Waals surface area contributed by atoms with Crippen molar-refractivity contribution in [3.8, 4) is 0 Å². The van der Waals surface area contributed by atoms with Gasteiger partial charge in [0.2, 0.25) is 0 Å². The Kier molecular flexibility index (Phi) is 5.36. The lowest BCUT2D eigenvalue weighted by Crippen LogP contribution is -2.17. The van der Waals surface area contributed by atoms with Crippen LogP contribution >= 0.6 is 11.6 Å². The van der Waals surface area contributed by atoms with E-state index in [0.29, 0.717) is 15.1 Å². The molecule has 0 bridgehead atoms. The van der Waals surface area contributed by atoms with Crippen LogP contribution in [0.1, 0.15) is 56.4 Å². The molecule has 1 fully saturated rings. The van der Waals surface area contributed by atoms with Crippen LogP contribution in [0.25, 0.3) is 5.65 Å². The number of alkyl halides is 3. The SMILES string of the molecule is O=C(c1ccccc1)c1cc(Cl)ccc1NC(=O)c1cnn2c(C(F)(F)F)cc(C3CC3)nc12. The fourth-order valence-electron chi connectivity index (χ4n) is 3.68. The number of ketones is 1. The number of nitrogens with zero attached hydrogens (tertiary/aromatic N) is 3. The third kappa shape index (κ3) is 4.14. The van der Waals surface area contributed by atoms with Crippen molar-refractivity contribution in [3.63, 3.8) is 0 Å². The number of anilines is 1. The number of carbonyl (C=O) groups excluding carboxylic acids is 2. The van der Waals surface area contributed by atoms with Gasteiger partial charge in [0.25, 0.3) is 5.91 Å². The van der Waals surface area contributed by atoms with Crippen molar-refractivity contribution in [1.29, 1.82) is 0 Å². The molecular weight excluding hydrogens is 469 g/mol. The van der Waals surface area contributed by atoms with E-state index in [9.17, 15) is 22.8 Å². The first kappa shape index (κ1) is 22.1. The van der Waals surface area contributed by atoms with Gasteiger partial charge in [0.05, 0.1) is 11.9 Å². The number of benzene rings is 2. The molecule has 0 spiro atoms. The maximum absolute atomic E-state index is 13.6. The fraction of sp³-hybridized carbons (Fsp3) is 0.167. The fourth-order valence-corrected chi connectivity index (χ4v) is 3.85. The molecule has 1 saturated carbocycles. The Morgan fingerprint density at radius 2 is 1.76 bits per heavy atom. The van der Waals surface area contributed by atoms with Crippen LogP contribution in [0, 0.1) is 0 Å². The Bertz CT molecular complexity index is 1430. The molecule has 34 heavy (non-hydrogen) atoms. The molecule has 172 valence electrons. The highest BCUT2D eigenvalue weighted by atomic mass is 35.5. The smallest absolute Gasteiger partial charge is 0.321 e. The van der Waals surface area contributed by atoms with Gasteiger partial charge in [0.1, 0.15) is 11.3 Å². The van der Waals surface area contributed by atoms with E-state index in [1.165, 1.54) is 18.2 Å². The minimum Gasteiger partial charge on any atom is -0.321 e. The molecule has 0 aliphatic heterocycles. The van der Waals surface area contributed by atoms with Gasteiger partial charge in [-0.3, -0.25) is 9.59 Å². The third-order valence-electron chi connectivity index (χ3n) is 5.53. The van der Waals surface area contributed by atoms with Crippen molar-refractivity contribution in [2.45, 2.75) is 24.9 Å². The van der Waals surface area contributed by atoms with Crippen LogP contribution in [0.15, 0.2) is 60.8 Å². The second-order valence-corrected chi connectivity index (χ2v) is 8.41. The van der Waals surface area contributed by atoms with Crippen molar-refractivity contribution >= 4 is 34.6 Å². The van der Waals surface area contributed by atoms with Gasteiger partial charge in [-0.05, 0) is 37.1 Å². The van der Waals surface area contributed by atoms with Crippen LogP contribution in [0.3, 0.4) is 0 Å². The van der Waals surface area contributed by atoms with Crippen LogP contribution < -0.4 is 5.32 Å². The van der Waals surface area contributed by atoms with Gasteiger partial charge in [-0.2, -0.15) is 18.3 Å². The minimum absolute atomic E-state index is 0.0664. The molecule has 2 aromatic heterocycles. The van der Waals surface area contributed by atoms with Crippen LogP contribution in [0.2, 0.25) is 5.02 Å². The highest BCUT2D eigenvalue weighted by Crippen LogP contribution is 2.41. The monoisotopic (exact) mass is 484 g/mol. The molecule has 1 N–H and O–H groups in total. The van der Waals surface area contributed by atoms with E-state index in [0.717, 1.165) is 25.1 Å². The molecule has 1 aliphatic carbocycles. The van der Waals surface area contributed by atoms with Gasteiger partial charge >= 0.3 is 6.18 Å². The molecule has 4 aromatic rings. The van der Waals surface area contributed by atoms with Crippen LogP contribution in [0.4, 0.5) is 18.9 Å². The van der Waals surface area contributed by atoms with Crippen LogP contribution in [-0.2, 0) is 6.18 Å². The van der Waals surface area contributed by atoms with Crippen molar-refractivity contribution in [2.24, 2.45) is 0 Å². The van der Waals surface area contributed by atoms with E-state index >= 15 is 0 Å². The Hall–Kier alpha value is -3.72. The summed E-state index contributed by atoms with van der Waals surface area (Å²) in [6, 6.07) is 13.8. The number of carbonyl (C=O) groups is 2. The predicted octanol–water partition coefficient (Wildman–Crippen LogP) is 5.76. The number of fused-ring (bicyclic) bond motifs is 1. The Balaban J connectivity index is 1.54. The van der Waals surface area contributed by atoms with Crippen molar-refractivity contribution in [3.05, 3.63) is 93.9 Å². The van der Waals surface area contributed by atoms with Crippen molar-refractivity contribution < 1.29 is 22.8 Å². The molecular formula is C24H16ClF3N4O2. The molecule has 0 unspecified atom stereocenters. The van der Waals surface area contributed by atoms with Gasteiger partial charge in [-0.25, -0.2) is 9.50 Å². The lowest BCUT2D eigenvalue weighted by Gasteiger charge is -2.12. The Labute approximate surface area is 196 Å². The number of halogens is 4. The second-order valence-electron chi connectivity index (χ2n) is 7.97.